The smallest absolute Gasteiger partial charge is 0.210 e. The predicted octanol–water partition coefficient (Wildman–Crippen LogP) is 2.12. The molecule has 1 aromatic carbocycles. The van der Waals surface area contributed by atoms with Crippen LogP contribution in [0.3, 0.4) is 0 Å². The van der Waals surface area contributed by atoms with E-state index in [2.05, 4.69) is 15.7 Å². The lowest BCUT2D eigenvalue weighted by atomic mass is 10.2. The molecule has 0 saturated heterocycles. The Labute approximate surface area is 120 Å². The van der Waals surface area contributed by atoms with Crippen LogP contribution >= 0.6 is 0 Å². The number of hydrazine groups is 1. The van der Waals surface area contributed by atoms with Crippen LogP contribution in [-0.4, -0.2) is 25.2 Å². The monoisotopic (exact) mass is 280 g/mol. The molecule has 0 saturated carbocycles. The second-order valence-corrected chi connectivity index (χ2v) is 4.36. The highest BCUT2D eigenvalue weighted by atomic mass is 16.5. The Balaban J connectivity index is 3.01. The Morgan fingerprint density at radius 3 is 2.50 bits per heavy atom. The summed E-state index contributed by atoms with van der Waals surface area (Å²) in [5, 5.41) is 3.12. The van der Waals surface area contributed by atoms with Crippen LogP contribution in [0, 0.1) is 0 Å². The number of benzene rings is 1. The third-order valence-corrected chi connectivity index (χ3v) is 2.34. The van der Waals surface area contributed by atoms with Gasteiger partial charge in [0, 0.05) is 12.1 Å². The van der Waals surface area contributed by atoms with Gasteiger partial charge in [-0.3, -0.25) is 5.43 Å². The highest BCUT2D eigenvalue weighted by Crippen LogP contribution is 2.29. The van der Waals surface area contributed by atoms with Crippen molar-refractivity contribution >= 4 is 11.6 Å². The quantitative estimate of drug-likeness (QED) is 0.322. The zero-order valence-electron chi connectivity index (χ0n) is 12.6. The number of ether oxygens (including phenoxy) is 2. The van der Waals surface area contributed by atoms with Crippen LogP contribution in [0.15, 0.2) is 23.2 Å². The van der Waals surface area contributed by atoms with Crippen molar-refractivity contribution in [1.82, 2.24) is 5.43 Å². The number of rotatable bonds is 6. The van der Waals surface area contributed by atoms with E-state index in [9.17, 15) is 0 Å². The Kier molecular flexibility index (Phi) is 6.66. The molecule has 0 aliphatic heterocycles. The van der Waals surface area contributed by atoms with E-state index in [4.69, 9.17) is 15.3 Å². The molecule has 6 nitrogen and oxygen atoms in total. The van der Waals surface area contributed by atoms with Crippen LogP contribution in [-0.2, 0) is 0 Å². The topological polar surface area (TPSA) is 80.9 Å². The molecule has 0 aliphatic rings. The van der Waals surface area contributed by atoms with Gasteiger partial charge in [-0.2, -0.15) is 0 Å². The normalized spacial score (nSPS) is 11.4. The minimum Gasteiger partial charge on any atom is -0.494 e. The molecule has 0 amide bonds. The summed E-state index contributed by atoms with van der Waals surface area (Å²) in [6.45, 7) is 9.00. The summed E-state index contributed by atoms with van der Waals surface area (Å²) < 4.78 is 11.1. The van der Waals surface area contributed by atoms with Crippen molar-refractivity contribution in [3.8, 4) is 11.5 Å². The number of nitrogens with zero attached hydrogens (tertiary/aromatic N) is 1. The van der Waals surface area contributed by atoms with Gasteiger partial charge in [0.1, 0.15) is 11.5 Å². The predicted molar refractivity (Wildman–Crippen MR) is 82.3 cm³/mol. The van der Waals surface area contributed by atoms with Crippen LogP contribution in [0.5, 0.6) is 11.5 Å². The third-order valence-electron chi connectivity index (χ3n) is 2.34. The average molecular weight is 280 g/mol. The molecule has 1 rings (SSSR count). The molecule has 0 unspecified atom stereocenters. The first-order valence-electron chi connectivity index (χ1n) is 6.81. The lowest BCUT2D eigenvalue weighted by molar-refractivity contribution is 0.332. The summed E-state index contributed by atoms with van der Waals surface area (Å²) in [7, 11) is 0. The summed E-state index contributed by atoms with van der Waals surface area (Å²) in [4.78, 5) is 4.34. The van der Waals surface area contributed by atoms with Crippen LogP contribution in [0.2, 0.25) is 0 Å². The van der Waals surface area contributed by atoms with Gasteiger partial charge in [-0.05, 0) is 39.8 Å². The summed E-state index contributed by atoms with van der Waals surface area (Å²) in [6, 6.07) is 5.72. The maximum atomic E-state index is 5.58. The molecule has 0 fully saturated rings. The standard InChI is InChI=1S/C14H24N4O2/c1-5-19-11-7-8-13(20-6-2)12(9-11)17-14(18-15)16-10(3)4/h7-10H,5-6,15H2,1-4H3,(H2,16,17,18). The van der Waals surface area contributed by atoms with Gasteiger partial charge in [0.25, 0.3) is 0 Å². The number of nitrogens with one attached hydrogen (secondary N) is 2. The van der Waals surface area contributed by atoms with Gasteiger partial charge in [0.15, 0.2) is 0 Å². The number of anilines is 1. The molecule has 0 aliphatic carbocycles. The number of hydrogen-bond acceptors (Lipinski definition) is 4. The van der Waals surface area contributed by atoms with E-state index < -0.39 is 0 Å². The van der Waals surface area contributed by atoms with E-state index in [1.807, 2.05) is 45.9 Å². The van der Waals surface area contributed by atoms with Crippen LogP contribution in [0.25, 0.3) is 0 Å². The Morgan fingerprint density at radius 2 is 1.95 bits per heavy atom. The van der Waals surface area contributed by atoms with Crippen molar-refractivity contribution in [2.24, 2.45) is 10.8 Å². The molecule has 6 heteroatoms. The van der Waals surface area contributed by atoms with Crippen molar-refractivity contribution in [3.63, 3.8) is 0 Å². The largest absolute Gasteiger partial charge is 0.494 e. The Hall–Kier alpha value is -1.95. The van der Waals surface area contributed by atoms with Gasteiger partial charge in [0.2, 0.25) is 5.96 Å². The minimum atomic E-state index is 0.124. The number of guanidine groups is 1. The van der Waals surface area contributed by atoms with Gasteiger partial charge in [-0.25, -0.2) is 10.8 Å². The maximum absolute atomic E-state index is 5.58. The van der Waals surface area contributed by atoms with Crippen molar-refractivity contribution < 1.29 is 9.47 Å². The summed E-state index contributed by atoms with van der Waals surface area (Å²) in [6.07, 6.45) is 0. The summed E-state index contributed by atoms with van der Waals surface area (Å²) in [5.41, 5.74) is 3.30. The fraction of sp³-hybridized carbons (Fsp3) is 0.500. The van der Waals surface area contributed by atoms with E-state index in [0.717, 1.165) is 17.2 Å². The minimum absolute atomic E-state index is 0.124. The molecular weight excluding hydrogens is 256 g/mol. The maximum Gasteiger partial charge on any atom is 0.210 e. The first kappa shape index (κ1) is 16.1. The molecule has 4 N–H and O–H groups in total. The van der Waals surface area contributed by atoms with Crippen molar-refractivity contribution in [2.75, 3.05) is 18.5 Å². The molecule has 112 valence electrons. The summed E-state index contributed by atoms with van der Waals surface area (Å²) in [5.74, 6) is 7.44. The van der Waals surface area contributed by atoms with Gasteiger partial charge < -0.3 is 14.8 Å². The lowest BCUT2D eigenvalue weighted by Gasteiger charge is -2.15. The van der Waals surface area contributed by atoms with Crippen LogP contribution < -0.4 is 26.1 Å². The molecule has 0 aromatic heterocycles. The first-order valence-corrected chi connectivity index (χ1v) is 6.81. The van der Waals surface area contributed by atoms with Gasteiger partial charge >= 0.3 is 0 Å². The second kappa shape index (κ2) is 8.27. The SMILES string of the molecule is CCOc1ccc(OCC)c(NC(=NC(C)C)NN)c1. The molecule has 0 spiro atoms. The summed E-state index contributed by atoms with van der Waals surface area (Å²) >= 11 is 0. The van der Waals surface area contributed by atoms with E-state index in [1.54, 1.807) is 0 Å². The molecule has 0 atom stereocenters. The highest BCUT2D eigenvalue weighted by molar-refractivity contribution is 5.94. The molecular formula is C14H24N4O2. The molecule has 0 bridgehead atoms. The molecule has 20 heavy (non-hydrogen) atoms. The van der Waals surface area contributed by atoms with E-state index in [0.29, 0.717) is 19.2 Å². The van der Waals surface area contributed by atoms with Crippen LogP contribution in [0.4, 0.5) is 5.69 Å². The highest BCUT2D eigenvalue weighted by Gasteiger charge is 2.08. The third kappa shape index (κ3) is 4.97. The molecule has 1 aromatic rings. The van der Waals surface area contributed by atoms with Gasteiger partial charge in [0.05, 0.1) is 18.9 Å². The lowest BCUT2D eigenvalue weighted by Crippen LogP contribution is -2.37. The Morgan fingerprint density at radius 1 is 1.25 bits per heavy atom. The molecule has 0 heterocycles. The zero-order valence-corrected chi connectivity index (χ0v) is 12.6. The zero-order chi connectivity index (χ0) is 15.0. The van der Waals surface area contributed by atoms with Crippen molar-refractivity contribution in [2.45, 2.75) is 33.7 Å². The second-order valence-electron chi connectivity index (χ2n) is 4.36. The van der Waals surface area contributed by atoms with Gasteiger partial charge in [-0.1, -0.05) is 0 Å². The average Bonchev–Trinajstić information content (AvgIpc) is 2.41. The van der Waals surface area contributed by atoms with E-state index >= 15 is 0 Å². The number of aliphatic imine (C=N–C) groups is 1. The Bertz CT molecular complexity index is 447. The molecule has 0 radical (unpaired) electrons. The van der Waals surface area contributed by atoms with Crippen molar-refractivity contribution in [3.05, 3.63) is 18.2 Å². The first-order chi connectivity index (χ1) is 9.60. The van der Waals surface area contributed by atoms with Crippen molar-refractivity contribution in [1.29, 1.82) is 0 Å². The number of hydrogen-bond donors (Lipinski definition) is 3. The van der Waals surface area contributed by atoms with Gasteiger partial charge in [-0.15, -0.1) is 0 Å². The van der Waals surface area contributed by atoms with E-state index in [-0.39, 0.29) is 6.04 Å². The fourth-order valence-corrected chi connectivity index (χ4v) is 1.64. The van der Waals surface area contributed by atoms with E-state index in [1.165, 1.54) is 0 Å². The fourth-order valence-electron chi connectivity index (χ4n) is 1.64. The number of nitrogens with two attached hydrogens (primary N) is 1. The van der Waals surface area contributed by atoms with Crippen LogP contribution in [0.1, 0.15) is 27.7 Å².